The standard InChI is InChI=1S/C15H17N5/c1-3-15(20-11-9-17-10-12-20)4-2-13(1)18-19-14-5-7-16-8-6-14/h1-8,17H,9-12H2. The fourth-order valence-corrected chi connectivity index (χ4v) is 2.18. The second-order valence-corrected chi connectivity index (χ2v) is 4.66. The lowest BCUT2D eigenvalue weighted by Gasteiger charge is -2.29. The van der Waals surface area contributed by atoms with Crippen molar-refractivity contribution < 1.29 is 0 Å². The number of rotatable bonds is 3. The van der Waals surface area contributed by atoms with Crippen molar-refractivity contribution in [1.29, 1.82) is 0 Å². The van der Waals surface area contributed by atoms with Crippen molar-refractivity contribution in [1.82, 2.24) is 10.3 Å². The number of nitrogens with zero attached hydrogens (tertiary/aromatic N) is 4. The van der Waals surface area contributed by atoms with Gasteiger partial charge in [-0.05, 0) is 36.4 Å². The lowest BCUT2D eigenvalue weighted by atomic mass is 10.2. The molecule has 1 fully saturated rings. The van der Waals surface area contributed by atoms with Gasteiger partial charge in [-0.2, -0.15) is 10.2 Å². The Kier molecular flexibility index (Phi) is 3.99. The number of nitrogens with one attached hydrogen (secondary N) is 1. The number of hydrogen-bond acceptors (Lipinski definition) is 5. The van der Waals surface area contributed by atoms with Crippen molar-refractivity contribution >= 4 is 17.1 Å². The maximum atomic E-state index is 4.23. The van der Waals surface area contributed by atoms with Gasteiger partial charge in [-0.1, -0.05) is 0 Å². The summed E-state index contributed by atoms with van der Waals surface area (Å²) < 4.78 is 0. The van der Waals surface area contributed by atoms with Gasteiger partial charge in [-0.15, -0.1) is 0 Å². The molecule has 1 aromatic heterocycles. The molecule has 5 nitrogen and oxygen atoms in total. The van der Waals surface area contributed by atoms with E-state index in [1.165, 1.54) is 5.69 Å². The molecule has 20 heavy (non-hydrogen) atoms. The van der Waals surface area contributed by atoms with Crippen molar-refractivity contribution in [2.75, 3.05) is 31.1 Å². The smallest absolute Gasteiger partial charge is 0.0887 e. The second-order valence-electron chi connectivity index (χ2n) is 4.66. The zero-order valence-electron chi connectivity index (χ0n) is 11.2. The summed E-state index contributed by atoms with van der Waals surface area (Å²) in [5.74, 6) is 0. The van der Waals surface area contributed by atoms with E-state index in [1.807, 2.05) is 24.3 Å². The van der Waals surface area contributed by atoms with Crippen LogP contribution < -0.4 is 10.2 Å². The highest BCUT2D eigenvalue weighted by Gasteiger charge is 2.09. The molecule has 3 rings (SSSR count). The van der Waals surface area contributed by atoms with E-state index >= 15 is 0 Å². The summed E-state index contributed by atoms with van der Waals surface area (Å²) in [6.07, 6.45) is 3.42. The van der Waals surface area contributed by atoms with Crippen molar-refractivity contribution in [3.05, 3.63) is 48.8 Å². The highest BCUT2D eigenvalue weighted by molar-refractivity contribution is 5.53. The molecular weight excluding hydrogens is 250 g/mol. The maximum absolute atomic E-state index is 4.23. The second kappa shape index (κ2) is 6.25. The normalized spacial score (nSPS) is 15.7. The summed E-state index contributed by atoms with van der Waals surface area (Å²) in [6, 6.07) is 11.9. The molecule has 1 aliphatic rings. The van der Waals surface area contributed by atoms with Crippen molar-refractivity contribution in [2.45, 2.75) is 0 Å². The largest absolute Gasteiger partial charge is 0.369 e. The fraction of sp³-hybridized carbons (Fsp3) is 0.267. The first-order valence-electron chi connectivity index (χ1n) is 6.79. The quantitative estimate of drug-likeness (QED) is 0.870. The summed E-state index contributed by atoms with van der Waals surface area (Å²) >= 11 is 0. The Hall–Kier alpha value is -2.27. The van der Waals surface area contributed by atoms with Gasteiger partial charge < -0.3 is 10.2 Å². The number of pyridine rings is 1. The maximum Gasteiger partial charge on any atom is 0.0887 e. The van der Waals surface area contributed by atoms with Gasteiger partial charge in [0, 0.05) is 44.3 Å². The van der Waals surface area contributed by atoms with E-state index in [2.05, 4.69) is 37.6 Å². The molecule has 1 aliphatic heterocycles. The Morgan fingerprint density at radius 2 is 1.45 bits per heavy atom. The van der Waals surface area contributed by atoms with Gasteiger partial charge in [0.2, 0.25) is 0 Å². The van der Waals surface area contributed by atoms with E-state index in [-0.39, 0.29) is 0 Å². The van der Waals surface area contributed by atoms with Gasteiger partial charge in [-0.3, -0.25) is 4.98 Å². The van der Waals surface area contributed by atoms with Gasteiger partial charge in [0.05, 0.1) is 11.4 Å². The average Bonchev–Trinajstić information content (AvgIpc) is 2.55. The summed E-state index contributed by atoms with van der Waals surface area (Å²) in [6.45, 7) is 4.20. The SMILES string of the molecule is c1cc(N=Nc2ccc(N3CCNCC3)cc2)ccn1. The zero-order valence-corrected chi connectivity index (χ0v) is 11.2. The molecule has 0 aliphatic carbocycles. The molecule has 2 heterocycles. The first-order chi connectivity index (χ1) is 9.92. The van der Waals surface area contributed by atoms with Gasteiger partial charge >= 0.3 is 0 Å². The fourth-order valence-electron chi connectivity index (χ4n) is 2.18. The van der Waals surface area contributed by atoms with Crippen LogP contribution in [0.25, 0.3) is 0 Å². The first kappa shape index (κ1) is 12.7. The molecule has 1 aromatic carbocycles. The van der Waals surface area contributed by atoms with E-state index in [0.717, 1.165) is 37.6 Å². The van der Waals surface area contributed by atoms with E-state index in [4.69, 9.17) is 0 Å². The lowest BCUT2D eigenvalue weighted by molar-refractivity contribution is 0.589. The van der Waals surface area contributed by atoms with Crippen molar-refractivity contribution in [3.8, 4) is 0 Å². The number of hydrogen-bond donors (Lipinski definition) is 1. The molecule has 0 atom stereocenters. The van der Waals surface area contributed by atoms with E-state index in [1.54, 1.807) is 12.4 Å². The van der Waals surface area contributed by atoms with Gasteiger partial charge in [-0.25, -0.2) is 0 Å². The topological polar surface area (TPSA) is 52.9 Å². The van der Waals surface area contributed by atoms with Gasteiger partial charge in [0.25, 0.3) is 0 Å². The van der Waals surface area contributed by atoms with Crippen molar-refractivity contribution in [2.24, 2.45) is 10.2 Å². The molecular formula is C15H17N5. The van der Waals surface area contributed by atoms with E-state index < -0.39 is 0 Å². The Bertz CT molecular complexity index is 559. The minimum Gasteiger partial charge on any atom is -0.369 e. The van der Waals surface area contributed by atoms with Crippen LogP contribution in [0.3, 0.4) is 0 Å². The van der Waals surface area contributed by atoms with Crippen LogP contribution in [0.5, 0.6) is 0 Å². The molecule has 0 radical (unpaired) electrons. The predicted molar refractivity (Wildman–Crippen MR) is 79.9 cm³/mol. The highest BCUT2D eigenvalue weighted by Crippen LogP contribution is 2.22. The molecule has 0 spiro atoms. The summed E-state index contributed by atoms with van der Waals surface area (Å²) in [4.78, 5) is 6.33. The van der Waals surface area contributed by atoms with Gasteiger partial charge in [0.15, 0.2) is 0 Å². The number of anilines is 1. The Morgan fingerprint density at radius 1 is 0.850 bits per heavy atom. The number of piperazine rings is 1. The Morgan fingerprint density at radius 3 is 2.10 bits per heavy atom. The van der Waals surface area contributed by atoms with E-state index in [9.17, 15) is 0 Å². The van der Waals surface area contributed by atoms with Crippen LogP contribution in [0.1, 0.15) is 0 Å². The molecule has 0 saturated carbocycles. The van der Waals surface area contributed by atoms with Crippen LogP contribution in [0.4, 0.5) is 17.1 Å². The first-order valence-corrected chi connectivity index (χ1v) is 6.79. The third-order valence-electron chi connectivity index (χ3n) is 3.28. The Labute approximate surface area is 118 Å². The summed E-state index contributed by atoms with van der Waals surface area (Å²) in [5, 5.41) is 11.8. The monoisotopic (exact) mass is 267 g/mol. The van der Waals surface area contributed by atoms with Crippen LogP contribution in [0, 0.1) is 0 Å². The van der Waals surface area contributed by atoms with Crippen LogP contribution >= 0.6 is 0 Å². The molecule has 2 aromatic rings. The zero-order chi connectivity index (χ0) is 13.6. The van der Waals surface area contributed by atoms with E-state index in [0.29, 0.717) is 0 Å². The number of azo groups is 1. The number of aromatic nitrogens is 1. The summed E-state index contributed by atoms with van der Waals surface area (Å²) in [5.41, 5.74) is 2.92. The van der Waals surface area contributed by atoms with Gasteiger partial charge in [0.1, 0.15) is 0 Å². The summed E-state index contributed by atoms with van der Waals surface area (Å²) in [7, 11) is 0. The Balaban J connectivity index is 1.68. The van der Waals surface area contributed by atoms with Crippen molar-refractivity contribution in [3.63, 3.8) is 0 Å². The molecule has 102 valence electrons. The lowest BCUT2D eigenvalue weighted by Crippen LogP contribution is -2.43. The molecule has 0 unspecified atom stereocenters. The average molecular weight is 267 g/mol. The minimum atomic E-state index is 0.811. The number of benzene rings is 1. The molecule has 1 N–H and O–H groups in total. The third kappa shape index (κ3) is 3.19. The van der Waals surface area contributed by atoms with Crippen LogP contribution in [-0.4, -0.2) is 31.2 Å². The molecule has 1 saturated heterocycles. The molecule has 5 heteroatoms. The molecule has 0 bridgehead atoms. The molecule has 0 amide bonds. The predicted octanol–water partition coefficient (Wildman–Crippen LogP) is 2.91. The van der Waals surface area contributed by atoms with Crippen LogP contribution in [-0.2, 0) is 0 Å². The third-order valence-corrected chi connectivity index (χ3v) is 3.28. The van der Waals surface area contributed by atoms with Crippen LogP contribution in [0.2, 0.25) is 0 Å². The van der Waals surface area contributed by atoms with Crippen LogP contribution in [0.15, 0.2) is 59.0 Å². The highest BCUT2D eigenvalue weighted by atomic mass is 15.2. The minimum absolute atomic E-state index is 0.811.